The van der Waals surface area contributed by atoms with Crippen LogP contribution >= 0.6 is 0 Å². The number of carbonyl (C=O) groups is 1. The summed E-state index contributed by atoms with van der Waals surface area (Å²) < 4.78 is 0. The van der Waals surface area contributed by atoms with Gasteiger partial charge in [-0.05, 0) is 0 Å². The van der Waals surface area contributed by atoms with Crippen molar-refractivity contribution in [1.29, 1.82) is 0 Å². The highest BCUT2D eigenvalue weighted by molar-refractivity contribution is 5.75. The van der Waals surface area contributed by atoms with Crippen LogP contribution in [0.1, 0.15) is 6.42 Å². The van der Waals surface area contributed by atoms with E-state index in [1.54, 1.807) is 0 Å². The third-order valence-corrected chi connectivity index (χ3v) is 0.500. The zero-order valence-electron chi connectivity index (χ0n) is 3.85. The van der Waals surface area contributed by atoms with E-state index in [0.717, 1.165) is 0 Å². The molecular weight excluding hydrogens is 96.0 g/mol. The smallest absolute Gasteiger partial charge is 0.236 e. The number of carbonyl (C=O) groups excluding carboxylic acids is 1. The summed E-state index contributed by atoms with van der Waals surface area (Å²) in [6, 6.07) is 0. The summed E-state index contributed by atoms with van der Waals surface area (Å²) in [7, 11) is 0. The van der Waals surface area contributed by atoms with Gasteiger partial charge in [-0.3, -0.25) is 10.2 Å². The lowest BCUT2D eigenvalue weighted by atomic mass is 10.4. The van der Waals surface area contributed by atoms with Gasteiger partial charge >= 0.3 is 0 Å². The van der Waals surface area contributed by atoms with E-state index < -0.39 is 0 Å². The van der Waals surface area contributed by atoms with Gasteiger partial charge in [-0.2, -0.15) is 0 Å². The second-order valence-electron chi connectivity index (χ2n) is 1.04. The van der Waals surface area contributed by atoms with E-state index in [9.17, 15) is 4.79 Å². The molecule has 0 aromatic rings. The Kier molecular flexibility index (Phi) is 3.26. The Balaban J connectivity index is 3.00. The van der Waals surface area contributed by atoms with Crippen molar-refractivity contribution in [2.75, 3.05) is 6.61 Å². The molecule has 0 atom stereocenters. The fraction of sp³-hybridized carbons (Fsp3) is 0.667. The van der Waals surface area contributed by atoms with Crippen LogP contribution in [0.2, 0.25) is 0 Å². The zero-order chi connectivity index (χ0) is 5.70. The molecule has 0 bridgehead atoms. The molecule has 7 heavy (non-hydrogen) atoms. The lowest BCUT2D eigenvalue weighted by molar-refractivity contribution is -0.121. The summed E-state index contributed by atoms with van der Waals surface area (Å²) in [4.78, 5) is 10.0. The normalized spacial score (nSPS) is 8.29. The SMILES string of the molecule is NNC(=O)CCO. The average molecular weight is 104 g/mol. The van der Waals surface area contributed by atoms with Crippen LogP contribution in [0.25, 0.3) is 0 Å². The summed E-state index contributed by atoms with van der Waals surface area (Å²) in [5.41, 5.74) is 1.87. The van der Waals surface area contributed by atoms with Gasteiger partial charge in [0.2, 0.25) is 5.91 Å². The number of hydrogen-bond acceptors (Lipinski definition) is 3. The molecule has 0 aromatic heterocycles. The molecule has 0 radical (unpaired) electrons. The molecule has 0 aromatic carbocycles. The highest BCUT2D eigenvalue weighted by Gasteiger charge is 1.91. The van der Waals surface area contributed by atoms with Gasteiger partial charge in [0.1, 0.15) is 0 Å². The number of aliphatic hydroxyl groups excluding tert-OH is 1. The third-order valence-electron chi connectivity index (χ3n) is 0.500. The minimum absolute atomic E-state index is 0.0799. The van der Waals surface area contributed by atoms with Crippen molar-refractivity contribution in [2.45, 2.75) is 6.42 Å². The fourth-order valence-corrected chi connectivity index (χ4v) is 0.174. The van der Waals surface area contributed by atoms with Crippen LogP contribution < -0.4 is 11.3 Å². The van der Waals surface area contributed by atoms with Crippen molar-refractivity contribution in [3.8, 4) is 0 Å². The van der Waals surface area contributed by atoms with Crippen LogP contribution in [-0.4, -0.2) is 17.6 Å². The van der Waals surface area contributed by atoms with E-state index in [1.807, 2.05) is 5.43 Å². The molecule has 0 saturated carbocycles. The maximum atomic E-state index is 10.0. The Morgan fingerprint density at radius 3 is 2.57 bits per heavy atom. The van der Waals surface area contributed by atoms with Crippen LogP contribution in [0.4, 0.5) is 0 Å². The molecule has 0 saturated heterocycles. The molecule has 0 spiro atoms. The standard InChI is InChI=1S/C3H8N2O2/c4-5-3(7)1-2-6/h6H,1-2,4H2,(H,5,7). The predicted molar refractivity (Wildman–Crippen MR) is 24.0 cm³/mol. The molecule has 0 heterocycles. The van der Waals surface area contributed by atoms with E-state index in [1.165, 1.54) is 0 Å². The fourth-order valence-electron chi connectivity index (χ4n) is 0.174. The van der Waals surface area contributed by atoms with E-state index in [2.05, 4.69) is 5.84 Å². The number of aliphatic hydroxyl groups is 1. The number of hydrazine groups is 1. The molecule has 0 fully saturated rings. The predicted octanol–water partition coefficient (Wildman–Crippen LogP) is -1.64. The van der Waals surface area contributed by atoms with Gasteiger partial charge in [0.05, 0.1) is 13.0 Å². The average Bonchev–Trinajstić information content (AvgIpc) is 1.68. The van der Waals surface area contributed by atoms with E-state index >= 15 is 0 Å². The first kappa shape index (κ1) is 6.39. The lowest BCUT2D eigenvalue weighted by Crippen LogP contribution is -2.30. The molecule has 4 N–H and O–H groups in total. The third kappa shape index (κ3) is 3.21. The summed E-state index contributed by atoms with van der Waals surface area (Å²) in [5.74, 6) is 4.30. The molecule has 42 valence electrons. The van der Waals surface area contributed by atoms with Gasteiger partial charge in [-0.15, -0.1) is 0 Å². The van der Waals surface area contributed by atoms with E-state index in [0.29, 0.717) is 0 Å². The summed E-state index contributed by atoms with van der Waals surface area (Å²) in [5, 5.41) is 8.05. The molecular formula is C3H8N2O2. The molecule has 4 heteroatoms. The summed E-state index contributed by atoms with van der Waals surface area (Å²) in [6.07, 6.45) is 0.0799. The molecule has 0 unspecified atom stereocenters. The van der Waals surface area contributed by atoms with Crippen molar-refractivity contribution in [1.82, 2.24) is 5.43 Å². The van der Waals surface area contributed by atoms with E-state index in [4.69, 9.17) is 5.11 Å². The van der Waals surface area contributed by atoms with Crippen molar-refractivity contribution in [3.63, 3.8) is 0 Å². The first-order chi connectivity index (χ1) is 3.31. The van der Waals surface area contributed by atoms with Crippen LogP contribution in [-0.2, 0) is 4.79 Å². The highest BCUT2D eigenvalue weighted by atomic mass is 16.3. The van der Waals surface area contributed by atoms with Gasteiger partial charge in [0.25, 0.3) is 0 Å². The van der Waals surface area contributed by atoms with Gasteiger partial charge in [0.15, 0.2) is 0 Å². The molecule has 0 rings (SSSR count). The lowest BCUT2D eigenvalue weighted by Gasteiger charge is -1.90. The zero-order valence-corrected chi connectivity index (χ0v) is 3.85. The van der Waals surface area contributed by atoms with Crippen molar-refractivity contribution >= 4 is 5.91 Å². The first-order valence-electron chi connectivity index (χ1n) is 1.91. The van der Waals surface area contributed by atoms with E-state index in [-0.39, 0.29) is 18.9 Å². The number of rotatable bonds is 2. The number of nitrogens with one attached hydrogen (secondary N) is 1. The Labute approximate surface area is 41.3 Å². The molecule has 0 aliphatic rings. The van der Waals surface area contributed by atoms with Gasteiger partial charge in [0, 0.05) is 0 Å². The molecule has 0 aliphatic carbocycles. The largest absolute Gasteiger partial charge is 0.396 e. The van der Waals surface area contributed by atoms with Crippen molar-refractivity contribution in [2.24, 2.45) is 5.84 Å². The molecule has 4 nitrogen and oxygen atoms in total. The van der Waals surface area contributed by atoms with Crippen LogP contribution in [0, 0.1) is 0 Å². The summed E-state index contributed by atoms with van der Waals surface area (Å²) in [6.45, 7) is -0.150. The maximum absolute atomic E-state index is 10.0. The number of hydrogen-bond donors (Lipinski definition) is 3. The van der Waals surface area contributed by atoms with Gasteiger partial charge in [-0.25, -0.2) is 5.84 Å². The minimum Gasteiger partial charge on any atom is -0.396 e. The monoisotopic (exact) mass is 104 g/mol. The second-order valence-corrected chi connectivity index (χ2v) is 1.04. The van der Waals surface area contributed by atoms with Crippen molar-refractivity contribution < 1.29 is 9.90 Å². The van der Waals surface area contributed by atoms with Crippen LogP contribution in [0.3, 0.4) is 0 Å². The minimum atomic E-state index is -0.345. The molecule has 1 amide bonds. The van der Waals surface area contributed by atoms with Crippen LogP contribution in [0.5, 0.6) is 0 Å². The molecule has 0 aliphatic heterocycles. The number of nitrogens with two attached hydrogens (primary N) is 1. The number of amides is 1. The first-order valence-corrected chi connectivity index (χ1v) is 1.91. The van der Waals surface area contributed by atoms with Crippen LogP contribution in [0.15, 0.2) is 0 Å². The maximum Gasteiger partial charge on any atom is 0.236 e. The Bertz CT molecular complexity index is 64.0. The van der Waals surface area contributed by atoms with Gasteiger partial charge in [-0.1, -0.05) is 0 Å². The quantitative estimate of drug-likeness (QED) is 0.223. The Morgan fingerprint density at radius 2 is 2.43 bits per heavy atom. The summed E-state index contributed by atoms with van der Waals surface area (Å²) >= 11 is 0. The highest BCUT2D eigenvalue weighted by Crippen LogP contribution is 1.69. The topological polar surface area (TPSA) is 75.3 Å². The van der Waals surface area contributed by atoms with Crippen molar-refractivity contribution in [3.05, 3.63) is 0 Å². The van der Waals surface area contributed by atoms with Gasteiger partial charge < -0.3 is 5.11 Å². The Morgan fingerprint density at radius 1 is 1.86 bits per heavy atom. The Hall–Kier alpha value is -0.610. The second kappa shape index (κ2) is 3.58.